The van der Waals surface area contributed by atoms with Gasteiger partial charge in [-0.1, -0.05) is 29.4 Å². The Kier molecular flexibility index (Phi) is 6.90. The van der Waals surface area contributed by atoms with Crippen LogP contribution in [0.1, 0.15) is 23.1 Å². The van der Waals surface area contributed by atoms with Crippen LogP contribution in [0.25, 0.3) is 0 Å². The van der Waals surface area contributed by atoms with Gasteiger partial charge in [0.05, 0.1) is 12.3 Å². The van der Waals surface area contributed by atoms with Crippen molar-refractivity contribution in [2.24, 2.45) is 7.05 Å². The molecule has 2 N–H and O–H groups in total. The minimum atomic E-state index is -0.160. The molecule has 0 bridgehead atoms. The lowest BCUT2D eigenvalue weighted by Crippen LogP contribution is -2.14. The van der Waals surface area contributed by atoms with E-state index in [1.807, 2.05) is 35.9 Å². The molecule has 1 aromatic heterocycles. The summed E-state index contributed by atoms with van der Waals surface area (Å²) in [6.07, 6.45) is 0. The van der Waals surface area contributed by atoms with Crippen LogP contribution in [-0.4, -0.2) is 32.2 Å². The average molecular weight is 430 g/mol. The third-order valence-corrected chi connectivity index (χ3v) is 5.36. The molecule has 0 saturated carbocycles. The first kappa shape index (κ1) is 20.9. The summed E-state index contributed by atoms with van der Waals surface area (Å²) in [5, 5.41) is 15.7. The topological polar surface area (TPSA) is 88.9 Å². The molecule has 0 atom stereocenters. The zero-order valence-corrected chi connectivity index (χ0v) is 17.5. The number of ketones is 1. The van der Waals surface area contributed by atoms with Crippen LogP contribution >= 0.6 is 23.4 Å². The van der Waals surface area contributed by atoms with E-state index in [9.17, 15) is 9.59 Å². The van der Waals surface area contributed by atoms with Crippen molar-refractivity contribution in [1.82, 2.24) is 14.8 Å². The van der Waals surface area contributed by atoms with Gasteiger partial charge in [-0.3, -0.25) is 9.59 Å². The zero-order valence-electron chi connectivity index (χ0n) is 16.0. The first-order valence-electron chi connectivity index (χ1n) is 8.84. The molecular formula is C20H20ClN5O2S. The van der Waals surface area contributed by atoms with Crippen molar-refractivity contribution in [3.05, 3.63) is 64.9 Å². The SMILES string of the molecule is CC(=O)c1ccc(NC(=O)CSc2nnc(CNc3cccc(Cl)c3)n2C)cc1. The molecule has 2 aromatic carbocycles. The van der Waals surface area contributed by atoms with Gasteiger partial charge in [0.2, 0.25) is 5.91 Å². The third kappa shape index (κ3) is 5.82. The number of thioether (sulfide) groups is 1. The molecule has 7 nitrogen and oxygen atoms in total. The Balaban J connectivity index is 1.51. The highest BCUT2D eigenvalue weighted by molar-refractivity contribution is 7.99. The van der Waals surface area contributed by atoms with Gasteiger partial charge in [0.25, 0.3) is 0 Å². The monoisotopic (exact) mass is 429 g/mol. The molecule has 0 aliphatic rings. The third-order valence-electron chi connectivity index (χ3n) is 4.11. The Morgan fingerprint density at radius 1 is 1.10 bits per heavy atom. The van der Waals surface area contributed by atoms with Gasteiger partial charge in [-0.15, -0.1) is 10.2 Å². The number of amides is 1. The Bertz CT molecular complexity index is 1020. The van der Waals surface area contributed by atoms with E-state index in [-0.39, 0.29) is 17.4 Å². The molecule has 0 spiro atoms. The summed E-state index contributed by atoms with van der Waals surface area (Å²) >= 11 is 7.28. The molecule has 0 aliphatic heterocycles. The normalized spacial score (nSPS) is 10.6. The largest absolute Gasteiger partial charge is 0.378 e. The fourth-order valence-electron chi connectivity index (χ4n) is 2.52. The Labute approximate surface area is 177 Å². The van der Waals surface area contributed by atoms with Crippen LogP contribution in [0.4, 0.5) is 11.4 Å². The second kappa shape index (κ2) is 9.58. The number of halogens is 1. The summed E-state index contributed by atoms with van der Waals surface area (Å²) in [4.78, 5) is 23.5. The minimum absolute atomic E-state index is 0.0126. The highest BCUT2D eigenvalue weighted by atomic mass is 35.5. The van der Waals surface area contributed by atoms with E-state index in [1.165, 1.54) is 18.7 Å². The zero-order chi connectivity index (χ0) is 20.8. The number of carbonyl (C=O) groups excluding carboxylic acids is 2. The predicted octanol–water partition coefficient (Wildman–Crippen LogP) is 4.01. The Morgan fingerprint density at radius 3 is 2.55 bits per heavy atom. The second-order valence-electron chi connectivity index (χ2n) is 6.29. The van der Waals surface area contributed by atoms with Crippen molar-refractivity contribution in [2.75, 3.05) is 16.4 Å². The number of nitrogens with one attached hydrogen (secondary N) is 2. The summed E-state index contributed by atoms with van der Waals surface area (Å²) in [5.41, 5.74) is 2.14. The molecule has 29 heavy (non-hydrogen) atoms. The fourth-order valence-corrected chi connectivity index (χ4v) is 3.44. The molecule has 0 fully saturated rings. The number of hydrogen-bond donors (Lipinski definition) is 2. The van der Waals surface area contributed by atoms with E-state index in [4.69, 9.17) is 11.6 Å². The summed E-state index contributed by atoms with van der Waals surface area (Å²) in [6.45, 7) is 1.99. The number of rotatable bonds is 8. The lowest BCUT2D eigenvalue weighted by molar-refractivity contribution is -0.113. The lowest BCUT2D eigenvalue weighted by Gasteiger charge is -2.08. The Morgan fingerprint density at radius 2 is 1.86 bits per heavy atom. The van der Waals surface area contributed by atoms with Crippen molar-refractivity contribution in [1.29, 1.82) is 0 Å². The fraction of sp³-hybridized carbons (Fsp3) is 0.200. The summed E-state index contributed by atoms with van der Waals surface area (Å²) in [6, 6.07) is 14.2. The molecule has 9 heteroatoms. The van der Waals surface area contributed by atoms with E-state index < -0.39 is 0 Å². The van der Waals surface area contributed by atoms with Gasteiger partial charge in [-0.2, -0.15) is 0 Å². The molecule has 0 radical (unpaired) electrons. The molecule has 1 amide bonds. The van der Waals surface area contributed by atoms with Crippen molar-refractivity contribution >= 4 is 46.4 Å². The van der Waals surface area contributed by atoms with Gasteiger partial charge in [-0.05, 0) is 49.4 Å². The summed E-state index contributed by atoms with van der Waals surface area (Å²) in [5.74, 6) is 0.767. The maximum atomic E-state index is 12.2. The molecular weight excluding hydrogens is 410 g/mol. The summed E-state index contributed by atoms with van der Waals surface area (Å²) < 4.78 is 1.84. The van der Waals surface area contributed by atoms with E-state index in [2.05, 4.69) is 20.8 Å². The highest BCUT2D eigenvalue weighted by Crippen LogP contribution is 2.19. The average Bonchev–Trinajstić information content (AvgIpc) is 3.05. The highest BCUT2D eigenvalue weighted by Gasteiger charge is 2.12. The smallest absolute Gasteiger partial charge is 0.234 e. The van der Waals surface area contributed by atoms with E-state index in [0.29, 0.717) is 28.0 Å². The van der Waals surface area contributed by atoms with E-state index >= 15 is 0 Å². The van der Waals surface area contributed by atoms with Crippen LogP contribution in [0.5, 0.6) is 0 Å². The molecule has 3 rings (SSSR count). The number of anilines is 2. The van der Waals surface area contributed by atoms with Gasteiger partial charge >= 0.3 is 0 Å². The van der Waals surface area contributed by atoms with Crippen molar-refractivity contribution in [3.63, 3.8) is 0 Å². The number of aromatic nitrogens is 3. The van der Waals surface area contributed by atoms with Crippen molar-refractivity contribution < 1.29 is 9.59 Å². The summed E-state index contributed by atoms with van der Waals surface area (Å²) in [7, 11) is 1.86. The number of benzene rings is 2. The van der Waals surface area contributed by atoms with Crippen LogP contribution in [0, 0.1) is 0 Å². The van der Waals surface area contributed by atoms with Crippen molar-refractivity contribution in [2.45, 2.75) is 18.6 Å². The maximum Gasteiger partial charge on any atom is 0.234 e. The van der Waals surface area contributed by atoms with Crippen LogP contribution in [-0.2, 0) is 18.4 Å². The molecule has 0 saturated heterocycles. The molecule has 0 aliphatic carbocycles. The van der Waals surface area contributed by atoms with Crippen LogP contribution in [0.3, 0.4) is 0 Å². The van der Waals surface area contributed by atoms with Crippen LogP contribution in [0.15, 0.2) is 53.7 Å². The van der Waals surface area contributed by atoms with Gasteiger partial charge in [-0.25, -0.2) is 0 Å². The number of hydrogen-bond acceptors (Lipinski definition) is 6. The number of nitrogens with zero attached hydrogens (tertiary/aromatic N) is 3. The first-order valence-corrected chi connectivity index (χ1v) is 10.2. The van der Waals surface area contributed by atoms with Gasteiger partial charge in [0.15, 0.2) is 16.8 Å². The number of carbonyl (C=O) groups is 2. The Hall–Kier alpha value is -2.84. The van der Waals surface area contributed by atoms with Gasteiger partial charge < -0.3 is 15.2 Å². The standard InChI is InChI=1S/C20H20ClN5O2S/c1-13(27)14-6-8-16(9-7-14)23-19(28)12-29-20-25-24-18(26(20)2)11-22-17-5-3-4-15(21)10-17/h3-10,22H,11-12H2,1-2H3,(H,23,28). The molecule has 150 valence electrons. The van der Waals surface area contributed by atoms with Crippen LogP contribution < -0.4 is 10.6 Å². The minimum Gasteiger partial charge on any atom is -0.378 e. The molecule has 1 heterocycles. The first-order chi connectivity index (χ1) is 13.9. The maximum absolute atomic E-state index is 12.2. The van der Waals surface area contributed by atoms with Crippen molar-refractivity contribution in [3.8, 4) is 0 Å². The van der Waals surface area contributed by atoms with E-state index in [0.717, 1.165) is 11.5 Å². The van der Waals surface area contributed by atoms with Gasteiger partial charge in [0.1, 0.15) is 0 Å². The predicted molar refractivity (Wildman–Crippen MR) is 116 cm³/mol. The van der Waals surface area contributed by atoms with E-state index in [1.54, 1.807) is 24.3 Å². The molecule has 0 unspecified atom stereocenters. The van der Waals surface area contributed by atoms with Crippen LogP contribution in [0.2, 0.25) is 5.02 Å². The lowest BCUT2D eigenvalue weighted by atomic mass is 10.1. The quantitative estimate of drug-likeness (QED) is 0.415. The second-order valence-corrected chi connectivity index (χ2v) is 7.67. The number of Topliss-reactive ketones (excluding diaryl/α,β-unsaturated/α-hetero) is 1. The van der Waals surface area contributed by atoms with Gasteiger partial charge in [0, 0.05) is 29.0 Å². The molecule has 3 aromatic rings.